The maximum atomic E-state index is 12.7. The minimum absolute atomic E-state index is 0.236. The van der Waals surface area contributed by atoms with Crippen molar-refractivity contribution in [1.82, 2.24) is 4.98 Å². The number of H-pyrrole nitrogens is 1. The van der Waals surface area contributed by atoms with Gasteiger partial charge in [-0.3, -0.25) is 4.79 Å². The fourth-order valence-electron chi connectivity index (χ4n) is 3.65. The van der Waals surface area contributed by atoms with E-state index in [9.17, 15) is 14.7 Å². The van der Waals surface area contributed by atoms with E-state index < -0.39 is 18.2 Å². The fraction of sp³-hybridized carbons (Fsp3) is 0.400. The van der Waals surface area contributed by atoms with Crippen LogP contribution in [0, 0.1) is 13.8 Å². The van der Waals surface area contributed by atoms with Gasteiger partial charge in [0.15, 0.2) is 6.10 Å². The Kier molecular flexibility index (Phi) is 4.87. The van der Waals surface area contributed by atoms with Crippen LogP contribution in [0.25, 0.3) is 0 Å². The molecule has 0 spiro atoms. The second kappa shape index (κ2) is 6.96. The van der Waals surface area contributed by atoms with Crippen molar-refractivity contribution in [3.8, 4) is 0 Å². The van der Waals surface area contributed by atoms with E-state index in [-0.39, 0.29) is 11.6 Å². The maximum Gasteiger partial charge on any atom is 0.355 e. The molecule has 0 fully saturated rings. The Bertz CT molecular complexity index is 853. The molecule has 1 amide bonds. The number of esters is 1. The SMILES string of the molecule is Cc1[nH]c(C(=O)O[C@@H](C)C(=O)N2CCc3ccccc32)c(C)c1[C@H](C)O. The number of aliphatic hydroxyl groups is 1. The summed E-state index contributed by atoms with van der Waals surface area (Å²) < 4.78 is 5.41. The van der Waals surface area contributed by atoms with E-state index in [0.29, 0.717) is 17.7 Å². The summed E-state index contributed by atoms with van der Waals surface area (Å²) in [5, 5.41) is 9.85. The molecule has 1 aliphatic heterocycles. The number of hydrogen-bond donors (Lipinski definition) is 2. The minimum Gasteiger partial charge on any atom is -0.448 e. The molecular formula is C20H24N2O4. The number of aromatic amines is 1. The molecule has 2 N–H and O–H groups in total. The molecule has 0 saturated carbocycles. The zero-order valence-electron chi connectivity index (χ0n) is 15.5. The quantitative estimate of drug-likeness (QED) is 0.825. The molecule has 3 rings (SSSR count). The fourth-order valence-corrected chi connectivity index (χ4v) is 3.65. The van der Waals surface area contributed by atoms with E-state index in [4.69, 9.17) is 4.74 Å². The largest absolute Gasteiger partial charge is 0.448 e. The van der Waals surface area contributed by atoms with Crippen molar-refractivity contribution < 1.29 is 19.4 Å². The van der Waals surface area contributed by atoms with E-state index in [1.54, 1.807) is 32.6 Å². The zero-order chi connectivity index (χ0) is 19.0. The van der Waals surface area contributed by atoms with Gasteiger partial charge in [0.2, 0.25) is 0 Å². The number of nitrogens with zero attached hydrogens (tertiary/aromatic N) is 1. The summed E-state index contributed by atoms with van der Waals surface area (Å²) in [6, 6.07) is 7.75. The Morgan fingerprint density at radius 3 is 2.58 bits per heavy atom. The first-order chi connectivity index (χ1) is 12.3. The van der Waals surface area contributed by atoms with Crippen LogP contribution in [-0.4, -0.2) is 34.6 Å². The molecule has 0 saturated heterocycles. The van der Waals surface area contributed by atoms with Crippen molar-refractivity contribution in [2.24, 2.45) is 0 Å². The molecule has 2 aromatic rings. The molecule has 0 radical (unpaired) electrons. The number of anilines is 1. The van der Waals surface area contributed by atoms with Gasteiger partial charge in [0.05, 0.1) is 6.10 Å². The average Bonchev–Trinajstić information content (AvgIpc) is 3.14. The van der Waals surface area contributed by atoms with E-state index >= 15 is 0 Å². The van der Waals surface area contributed by atoms with Gasteiger partial charge in [-0.1, -0.05) is 18.2 Å². The third-order valence-corrected chi connectivity index (χ3v) is 4.90. The first-order valence-corrected chi connectivity index (χ1v) is 8.78. The number of carbonyl (C=O) groups is 2. The topological polar surface area (TPSA) is 82.6 Å². The number of nitrogens with one attached hydrogen (secondary N) is 1. The summed E-state index contributed by atoms with van der Waals surface area (Å²) in [6.07, 6.45) is -0.783. The average molecular weight is 356 g/mol. The molecule has 1 aliphatic rings. The summed E-state index contributed by atoms with van der Waals surface area (Å²) in [6.45, 7) is 7.37. The number of amides is 1. The third kappa shape index (κ3) is 3.12. The van der Waals surface area contributed by atoms with Crippen LogP contribution in [0.5, 0.6) is 0 Å². The molecule has 26 heavy (non-hydrogen) atoms. The van der Waals surface area contributed by atoms with Gasteiger partial charge in [0.1, 0.15) is 5.69 Å². The Balaban J connectivity index is 1.74. The Morgan fingerprint density at radius 2 is 1.92 bits per heavy atom. The van der Waals surface area contributed by atoms with Crippen LogP contribution in [0.3, 0.4) is 0 Å². The first kappa shape index (κ1) is 18.2. The lowest BCUT2D eigenvalue weighted by Crippen LogP contribution is -2.39. The molecule has 2 heterocycles. The number of aromatic nitrogens is 1. The lowest BCUT2D eigenvalue weighted by Gasteiger charge is -2.21. The van der Waals surface area contributed by atoms with Crippen LogP contribution in [-0.2, 0) is 16.0 Å². The van der Waals surface area contributed by atoms with Crippen LogP contribution < -0.4 is 4.90 Å². The predicted molar refractivity (Wildman–Crippen MR) is 98.3 cm³/mol. The highest BCUT2D eigenvalue weighted by atomic mass is 16.5. The highest BCUT2D eigenvalue weighted by Gasteiger charge is 2.31. The number of rotatable bonds is 4. The van der Waals surface area contributed by atoms with Crippen molar-refractivity contribution in [3.05, 3.63) is 52.3 Å². The summed E-state index contributed by atoms with van der Waals surface area (Å²) in [4.78, 5) is 29.9. The number of ether oxygens (including phenoxy) is 1. The highest BCUT2D eigenvalue weighted by molar-refractivity contribution is 6.00. The van der Waals surface area contributed by atoms with Crippen LogP contribution in [0.2, 0.25) is 0 Å². The van der Waals surface area contributed by atoms with Crippen molar-refractivity contribution in [1.29, 1.82) is 0 Å². The van der Waals surface area contributed by atoms with Crippen molar-refractivity contribution in [2.45, 2.75) is 46.3 Å². The normalized spacial score (nSPS) is 15.5. The second-order valence-corrected chi connectivity index (χ2v) is 6.76. The molecule has 6 nitrogen and oxygen atoms in total. The maximum absolute atomic E-state index is 12.7. The molecule has 138 valence electrons. The van der Waals surface area contributed by atoms with Gasteiger partial charge in [-0.25, -0.2) is 4.79 Å². The number of aryl methyl sites for hydroxylation is 1. The predicted octanol–water partition coefficient (Wildman–Crippen LogP) is 2.82. The zero-order valence-corrected chi connectivity index (χ0v) is 15.5. The molecule has 0 unspecified atom stereocenters. The number of para-hydroxylation sites is 1. The van der Waals surface area contributed by atoms with E-state index in [2.05, 4.69) is 4.98 Å². The lowest BCUT2D eigenvalue weighted by atomic mass is 10.1. The summed E-state index contributed by atoms with van der Waals surface area (Å²) in [5.74, 6) is -0.828. The van der Waals surface area contributed by atoms with Crippen molar-refractivity contribution in [3.63, 3.8) is 0 Å². The van der Waals surface area contributed by atoms with E-state index in [0.717, 1.165) is 23.4 Å². The number of benzene rings is 1. The second-order valence-electron chi connectivity index (χ2n) is 6.76. The number of carbonyl (C=O) groups excluding carboxylic acids is 2. The number of fused-ring (bicyclic) bond motifs is 1. The van der Waals surface area contributed by atoms with Crippen molar-refractivity contribution >= 4 is 17.6 Å². The van der Waals surface area contributed by atoms with Gasteiger partial charge in [0, 0.05) is 23.5 Å². The molecule has 6 heteroatoms. The molecule has 0 bridgehead atoms. The third-order valence-electron chi connectivity index (χ3n) is 4.90. The summed E-state index contributed by atoms with van der Waals surface area (Å²) >= 11 is 0. The van der Waals surface area contributed by atoms with E-state index in [1.165, 1.54) is 0 Å². The van der Waals surface area contributed by atoms with Gasteiger partial charge >= 0.3 is 5.97 Å². The Labute approximate surface area is 152 Å². The minimum atomic E-state index is -0.897. The van der Waals surface area contributed by atoms with Gasteiger partial charge in [-0.15, -0.1) is 0 Å². The first-order valence-electron chi connectivity index (χ1n) is 8.78. The molecule has 0 aliphatic carbocycles. The van der Waals surface area contributed by atoms with E-state index in [1.807, 2.05) is 24.3 Å². The monoisotopic (exact) mass is 356 g/mol. The van der Waals surface area contributed by atoms with Crippen LogP contribution in [0.1, 0.15) is 52.8 Å². The lowest BCUT2D eigenvalue weighted by molar-refractivity contribution is -0.126. The molecule has 2 atom stereocenters. The van der Waals surface area contributed by atoms with Crippen LogP contribution >= 0.6 is 0 Å². The Morgan fingerprint density at radius 1 is 1.23 bits per heavy atom. The standard InChI is InChI=1S/C20H24N2O4/c1-11-17(13(3)23)12(2)21-18(11)20(25)26-14(4)19(24)22-10-9-15-7-5-6-8-16(15)22/h5-8,13-14,21,23H,9-10H2,1-4H3/t13-,14-/m0/s1. The van der Waals surface area contributed by atoms with Gasteiger partial charge in [-0.2, -0.15) is 0 Å². The smallest absolute Gasteiger partial charge is 0.355 e. The number of hydrogen-bond acceptors (Lipinski definition) is 4. The summed E-state index contributed by atoms with van der Waals surface area (Å²) in [5.41, 5.74) is 4.33. The van der Waals surface area contributed by atoms with Crippen LogP contribution in [0.15, 0.2) is 24.3 Å². The molecular weight excluding hydrogens is 332 g/mol. The number of aliphatic hydroxyl groups excluding tert-OH is 1. The highest BCUT2D eigenvalue weighted by Crippen LogP contribution is 2.29. The van der Waals surface area contributed by atoms with Crippen LogP contribution in [0.4, 0.5) is 5.69 Å². The Hall–Kier alpha value is -2.60. The van der Waals surface area contributed by atoms with Crippen molar-refractivity contribution in [2.75, 3.05) is 11.4 Å². The van der Waals surface area contributed by atoms with Gasteiger partial charge in [-0.05, 0) is 51.3 Å². The molecule has 1 aromatic heterocycles. The van der Waals surface area contributed by atoms with Gasteiger partial charge < -0.3 is 19.7 Å². The summed E-state index contributed by atoms with van der Waals surface area (Å²) in [7, 11) is 0. The van der Waals surface area contributed by atoms with Gasteiger partial charge in [0.25, 0.3) is 5.91 Å². The molecule has 1 aromatic carbocycles.